The van der Waals surface area contributed by atoms with Crippen LogP contribution >= 0.6 is 0 Å². The number of hydrogen-bond donors (Lipinski definition) is 0. The lowest BCUT2D eigenvalue weighted by Crippen LogP contribution is -1.95. The number of hydrogen-bond acceptors (Lipinski definition) is 2. The molecule has 1 aliphatic carbocycles. The molecule has 0 spiro atoms. The van der Waals surface area contributed by atoms with Crippen molar-refractivity contribution in [2.75, 3.05) is 6.61 Å². The molecule has 1 aromatic heterocycles. The number of pyridine rings is 1. The molecule has 0 N–H and O–H groups in total. The third-order valence-corrected chi connectivity index (χ3v) is 2.03. The number of rotatable bonds is 3. The van der Waals surface area contributed by atoms with Gasteiger partial charge in [0.15, 0.2) is 0 Å². The summed E-state index contributed by atoms with van der Waals surface area (Å²) in [6.07, 6.45) is 2.59. The fourth-order valence-corrected chi connectivity index (χ4v) is 1.27. The summed E-state index contributed by atoms with van der Waals surface area (Å²) in [6, 6.07) is 6.02. The van der Waals surface area contributed by atoms with Gasteiger partial charge in [-0.3, -0.25) is 0 Å². The van der Waals surface area contributed by atoms with Crippen LogP contribution in [0.25, 0.3) is 0 Å². The highest BCUT2D eigenvalue weighted by atomic mass is 16.5. The molecule has 12 heavy (non-hydrogen) atoms. The van der Waals surface area contributed by atoms with Crippen molar-refractivity contribution in [3.8, 4) is 5.88 Å². The van der Waals surface area contributed by atoms with Crippen LogP contribution in [0.3, 0.4) is 0 Å². The molecule has 64 valence electrons. The highest BCUT2D eigenvalue weighted by molar-refractivity contribution is 5.21. The van der Waals surface area contributed by atoms with Gasteiger partial charge in [-0.1, -0.05) is 6.07 Å². The molecule has 0 aliphatic heterocycles. The van der Waals surface area contributed by atoms with Gasteiger partial charge in [0, 0.05) is 17.7 Å². The minimum atomic E-state index is 0.696. The van der Waals surface area contributed by atoms with E-state index in [2.05, 4.69) is 11.1 Å². The van der Waals surface area contributed by atoms with Gasteiger partial charge in [0.25, 0.3) is 0 Å². The van der Waals surface area contributed by atoms with Crippen LogP contribution in [0.15, 0.2) is 18.2 Å². The maximum absolute atomic E-state index is 5.31. The first-order chi connectivity index (χ1) is 5.90. The largest absolute Gasteiger partial charge is 0.478 e. The van der Waals surface area contributed by atoms with Crippen LogP contribution in [0, 0.1) is 0 Å². The Balaban J connectivity index is 2.15. The SMILES string of the molecule is CCOc1cccc(C2CC2)n1. The lowest BCUT2D eigenvalue weighted by molar-refractivity contribution is 0.326. The van der Waals surface area contributed by atoms with E-state index in [9.17, 15) is 0 Å². The predicted octanol–water partition coefficient (Wildman–Crippen LogP) is 2.36. The smallest absolute Gasteiger partial charge is 0.213 e. The monoisotopic (exact) mass is 163 g/mol. The molecule has 1 fully saturated rings. The quantitative estimate of drug-likeness (QED) is 0.682. The van der Waals surface area contributed by atoms with Gasteiger partial charge in [-0.15, -0.1) is 0 Å². The summed E-state index contributed by atoms with van der Waals surface area (Å²) in [6.45, 7) is 2.67. The van der Waals surface area contributed by atoms with Gasteiger partial charge >= 0.3 is 0 Å². The molecule has 2 heteroatoms. The van der Waals surface area contributed by atoms with Gasteiger partial charge in [0.2, 0.25) is 5.88 Å². The molecular weight excluding hydrogens is 150 g/mol. The Kier molecular flexibility index (Phi) is 1.98. The van der Waals surface area contributed by atoms with E-state index in [1.807, 2.05) is 19.1 Å². The standard InChI is InChI=1S/C10H13NO/c1-2-12-10-5-3-4-9(11-10)8-6-7-8/h3-5,8H,2,6-7H2,1H3. The molecule has 0 unspecified atom stereocenters. The first-order valence-electron chi connectivity index (χ1n) is 4.50. The first-order valence-corrected chi connectivity index (χ1v) is 4.50. The summed E-state index contributed by atoms with van der Waals surface area (Å²) < 4.78 is 5.31. The van der Waals surface area contributed by atoms with Crippen molar-refractivity contribution in [3.63, 3.8) is 0 Å². The zero-order valence-corrected chi connectivity index (χ0v) is 7.29. The van der Waals surface area contributed by atoms with E-state index in [-0.39, 0.29) is 0 Å². The molecule has 2 rings (SSSR count). The van der Waals surface area contributed by atoms with E-state index in [1.54, 1.807) is 0 Å². The highest BCUT2D eigenvalue weighted by Crippen LogP contribution is 2.39. The topological polar surface area (TPSA) is 22.1 Å². The second-order valence-corrected chi connectivity index (χ2v) is 3.11. The molecular formula is C10H13NO. The average Bonchev–Trinajstić information content (AvgIpc) is 2.88. The van der Waals surface area contributed by atoms with Crippen molar-refractivity contribution in [2.24, 2.45) is 0 Å². The van der Waals surface area contributed by atoms with E-state index in [0.717, 1.165) is 5.88 Å². The zero-order chi connectivity index (χ0) is 8.39. The van der Waals surface area contributed by atoms with Crippen molar-refractivity contribution in [1.82, 2.24) is 4.98 Å². The average molecular weight is 163 g/mol. The first kappa shape index (κ1) is 7.59. The van der Waals surface area contributed by atoms with Gasteiger partial charge in [-0.05, 0) is 25.8 Å². The van der Waals surface area contributed by atoms with Crippen LogP contribution < -0.4 is 4.74 Å². The Bertz CT molecular complexity index is 268. The Morgan fingerprint density at radius 3 is 3.00 bits per heavy atom. The zero-order valence-electron chi connectivity index (χ0n) is 7.29. The molecule has 1 aromatic rings. The van der Waals surface area contributed by atoms with Crippen molar-refractivity contribution in [3.05, 3.63) is 23.9 Å². The van der Waals surface area contributed by atoms with Crippen molar-refractivity contribution >= 4 is 0 Å². The summed E-state index contributed by atoms with van der Waals surface area (Å²) in [5, 5.41) is 0. The number of nitrogens with zero attached hydrogens (tertiary/aromatic N) is 1. The van der Waals surface area contributed by atoms with Crippen molar-refractivity contribution < 1.29 is 4.74 Å². The Labute approximate surface area is 72.6 Å². The van der Waals surface area contributed by atoms with Crippen LogP contribution in [0.2, 0.25) is 0 Å². The summed E-state index contributed by atoms with van der Waals surface area (Å²) >= 11 is 0. The molecule has 1 aliphatic rings. The van der Waals surface area contributed by atoms with Gasteiger partial charge in [-0.25, -0.2) is 4.98 Å². The van der Waals surface area contributed by atoms with E-state index in [1.165, 1.54) is 18.5 Å². The predicted molar refractivity (Wildman–Crippen MR) is 47.4 cm³/mol. The lowest BCUT2D eigenvalue weighted by Gasteiger charge is -2.02. The fourth-order valence-electron chi connectivity index (χ4n) is 1.27. The summed E-state index contributed by atoms with van der Waals surface area (Å²) in [7, 11) is 0. The third-order valence-electron chi connectivity index (χ3n) is 2.03. The lowest BCUT2D eigenvalue weighted by atomic mass is 10.2. The Morgan fingerprint density at radius 2 is 2.33 bits per heavy atom. The molecule has 0 bridgehead atoms. The minimum absolute atomic E-state index is 0.696. The summed E-state index contributed by atoms with van der Waals surface area (Å²) in [5.74, 6) is 1.48. The normalized spacial score (nSPS) is 16.1. The summed E-state index contributed by atoms with van der Waals surface area (Å²) in [5.41, 5.74) is 1.20. The van der Waals surface area contributed by atoms with Crippen molar-refractivity contribution in [2.45, 2.75) is 25.7 Å². The van der Waals surface area contributed by atoms with E-state index in [4.69, 9.17) is 4.74 Å². The molecule has 0 saturated heterocycles. The van der Waals surface area contributed by atoms with Crippen LogP contribution in [-0.2, 0) is 0 Å². The second kappa shape index (κ2) is 3.13. The maximum atomic E-state index is 5.31. The van der Waals surface area contributed by atoms with Crippen LogP contribution in [0.4, 0.5) is 0 Å². The molecule has 1 saturated carbocycles. The molecule has 0 aromatic carbocycles. The number of aromatic nitrogens is 1. The molecule has 0 atom stereocenters. The maximum Gasteiger partial charge on any atom is 0.213 e. The molecule has 0 radical (unpaired) electrons. The van der Waals surface area contributed by atoms with Crippen LogP contribution in [0.1, 0.15) is 31.4 Å². The third kappa shape index (κ3) is 1.58. The second-order valence-electron chi connectivity index (χ2n) is 3.11. The highest BCUT2D eigenvalue weighted by Gasteiger charge is 2.24. The van der Waals surface area contributed by atoms with E-state index >= 15 is 0 Å². The van der Waals surface area contributed by atoms with Crippen LogP contribution in [-0.4, -0.2) is 11.6 Å². The summed E-state index contributed by atoms with van der Waals surface area (Å²) in [4.78, 5) is 4.40. The Hall–Kier alpha value is -1.05. The van der Waals surface area contributed by atoms with Crippen LogP contribution in [0.5, 0.6) is 5.88 Å². The molecule has 2 nitrogen and oxygen atoms in total. The number of ether oxygens (including phenoxy) is 1. The molecule has 1 heterocycles. The minimum Gasteiger partial charge on any atom is -0.478 e. The van der Waals surface area contributed by atoms with Gasteiger partial charge in [0.05, 0.1) is 6.61 Å². The van der Waals surface area contributed by atoms with Gasteiger partial charge < -0.3 is 4.74 Å². The van der Waals surface area contributed by atoms with E-state index < -0.39 is 0 Å². The van der Waals surface area contributed by atoms with Gasteiger partial charge in [0.1, 0.15) is 0 Å². The van der Waals surface area contributed by atoms with Gasteiger partial charge in [-0.2, -0.15) is 0 Å². The van der Waals surface area contributed by atoms with Crippen molar-refractivity contribution in [1.29, 1.82) is 0 Å². The van der Waals surface area contributed by atoms with E-state index in [0.29, 0.717) is 12.5 Å². The fraction of sp³-hybridized carbons (Fsp3) is 0.500. The Morgan fingerprint density at radius 1 is 1.50 bits per heavy atom. The molecule has 0 amide bonds.